The number of hydrogen-bond acceptors (Lipinski definition) is 1. The molecule has 3 heteroatoms. The van der Waals surface area contributed by atoms with E-state index in [1.807, 2.05) is 6.07 Å². The molecule has 19 heavy (non-hydrogen) atoms. The normalized spacial score (nSPS) is 10.7. The average molecular weight is 339 g/mol. The maximum absolute atomic E-state index is 13.4. The van der Waals surface area contributed by atoms with Crippen molar-refractivity contribution in [2.45, 2.75) is 25.4 Å². The minimum absolute atomic E-state index is 0.190. The van der Waals surface area contributed by atoms with Gasteiger partial charge >= 0.3 is 0 Å². The highest BCUT2D eigenvalue weighted by Crippen LogP contribution is 2.26. The zero-order valence-corrected chi connectivity index (χ0v) is 13.4. The Bertz CT molecular complexity index is 561. The van der Waals surface area contributed by atoms with Gasteiger partial charge in [-0.15, -0.1) is 0 Å². The number of aryl methyl sites for hydroxylation is 2. The monoisotopic (exact) mass is 338 g/mol. The molecule has 0 nitrogen and oxygen atoms in total. The number of halogens is 2. The molecule has 2 aromatic rings. The topological polar surface area (TPSA) is 0 Å². The fourth-order valence-corrected chi connectivity index (χ4v) is 3.65. The average Bonchev–Trinajstić information content (AvgIpc) is 2.33. The summed E-state index contributed by atoms with van der Waals surface area (Å²) in [5, 5.41) is 0. The Labute approximate surface area is 126 Å². The fraction of sp³-hybridized carbons (Fsp3) is 0.250. The summed E-state index contributed by atoms with van der Waals surface area (Å²) in [6, 6.07) is 11.8. The molecule has 0 atom stereocenters. The molecule has 0 unspecified atom stereocenters. The van der Waals surface area contributed by atoms with Crippen LogP contribution >= 0.6 is 27.7 Å². The molecule has 0 saturated heterocycles. The third-order valence-corrected chi connectivity index (χ3v) is 4.78. The summed E-state index contributed by atoms with van der Waals surface area (Å²) in [7, 11) is 0. The second-order valence-electron chi connectivity index (χ2n) is 4.70. The van der Waals surface area contributed by atoms with E-state index in [2.05, 4.69) is 48.0 Å². The van der Waals surface area contributed by atoms with Gasteiger partial charge in [-0.2, -0.15) is 11.8 Å². The van der Waals surface area contributed by atoms with Crippen LogP contribution < -0.4 is 0 Å². The largest absolute Gasteiger partial charge is 0.206 e. The lowest BCUT2D eigenvalue weighted by Crippen LogP contribution is -1.89. The van der Waals surface area contributed by atoms with E-state index in [1.165, 1.54) is 22.8 Å². The molecule has 0 aliphatic rings. The lowest BCUT2D eigenvalue weighted by molar-refractivity contribution is 0.619. The van der Waals surface area contributed by atoms with Crippen LogP contribution in [0.4, 0.5) is 4.39 Å². The van der Waals surface area contributed by atoms with Crippen LogP contribution in [0.15, 0.2) is 40.9 Å². The van der Waals surface area contributed by atoms with Gasteiger partial charge in [0.1, 0.15) is 5.82 Å². The lowest BCUT2D eigenvalue weighted by atomic mass is 10.1. The molecule has 0 aromatic heterocycles. The highest BCUT2D eigenvalue weighted by molar-refractivity contribution is 9.10. The molecule has 0 radical (unpaired) electrons. The first-order valence-electron chi connectivity index (χ1n) is 6.14. The van der Waals surface area contributed by atoms with Crippen molar-refractivity contribution in [3.63, 3.8) is 0 Å². The highest BCUT2D eigenvalue weighted by atomic mass is 79.9. The van der Waals surface area contributed by atoms with Crippen LogP contribution in [0.25, 0.3) is 0 Å². The molecule has 0 saturated carbocycles. The van der Waals surface area contributed by atoms with Crippen LogP contribution in [0.5, 0.6) is 0 Å². The summed E-state index contributed by atoms with van der Waals surface area (Å²) >= 11 is 5.10. The van der Waals surface area contributed by atoms with Crippen molar-refractivity contribution in [1.29, 1.82) is 0 Å². The van der Waals surface area contributed by atoms with Crippen LogP contribution in [0.2, 0.25) is 0 Å². The molecule has 0 fully saturated rings. The SMILES string of the molecule is Cc1cc(C)cc(CSCc2cccc(F)c2Br)c1. The quantitative estimate of drug-likeness (QED) is 0.695. The number of benzene rings is 2. The Kier molecular flexibility index (Phi) is 5.06. The van der Waals surface area contributed by atoms with Gasteiger partial charge in [-0.1, -0.05) is 41.5 Å². The van der Waals surface area contributed by atoms with E-state index in [-0.39, 0.29) is 5.82 Å². The Hall–Kier alpha value is -0.800. The van der Waals surface area contributed by atoms with Gasteiger partial charge in [-0.3, -0.25) is 0 Å². The summed E-state index contributed by atoms with van der Waals surface area (Å²) in [4.78, 5) is 0. The Morgan fingerprint density at radius 3 is 2.42 bits per heavy atom. The lowest BCUT2D eigenvalue weighted by Gasteiger charge is -2.07. The zero-order valence-electron chi connectivity index (χ0n) is 11.0. The summed E-state index contributed by atoms with van der Waals surface area (Å²) < 4.78 is 14.0. The van der Waals surface area contributed by atoms with E-state index in [0.717, 1.165) is 17.1 Å². The van der Waals surface area contributed by atoms with Gasteiger partial charge in [-0.05, 0) is 47.0 Å². The van der Waals surface area contributed by atoms with Crippen LogP contribution in [-0.4, -0.2) is 0 Å². The van der Waals surface area contributed by atoms with Gasteiger partial charge in [0, 0.05) is 11.5 Å². The van der Waals surface area contributed by atoms with Gasteiger partial charge in [-0.25, -0.2) is 4.39 Å². The summed E-state index contributed by atoms with van der Waals surface area (Å²) in [6.07, 6.45) is 0. The van der Waals surface area contributed by atoms with E-state index in [9.17, 15) is 4.39 Å². The van der Waals surface area contributed by atoms with Gasteiger partial charge < -0.3 is 0 Å². The molecule has 0 heterocycles. The molecule has 0 spiro atoms. The van der Waals surface area contributed by atoms with E-state index < -0.39 is 0 Å². The molecule has 0 aliphatic carbocycles. The van der Waals surface area contributed by atoms with Gasteiger partial charge in [0.2, 0.25) is 0 Å². The first-order valence-corrected chi connectivity index (χ1v) is 8.09. The van der Waals surface area contributed by atoms with E-state index >= 15 is 0 Å². The summed E-state index contributed by atoms with van der Waals surface area (Å²) in [6.45, 7) is 4.23. The van der Waals surface area contributed by atoms with Crippen LogP contribution in [0, 0.1) is 19.7 Å². The van der Waals surface area contributed by atoms with Crippen LogP contribution in [-0.2, 0) is 11.5 Å². The maximum Gasteiger partial charge on any atom is 0.137 e. The Balaban J connectivity index is 1.98. The standard InChI is InChI=1S/C16H16BrFS/c1-11-6-12(2)8-13(7-11)9-19-10-14-4-3-5-15(18)16(14)17/h3-8H,9-10H2,1-2H3. The van der Waals surface area contributed by atoms with Crippen molar-refractivity contribution in [3.8, 4) is 0 Å². The third-order valence-electron chi connectivity index (χ3n) is 2.84. The van der Waals surface area contributed by atoms with Crippen molar-refractivity contribution in [1.82, 2.24) is 0 Å². The predicted octanol–water partition coefficient (Wildman–Crippen LogP) is 5.64. The molecule has 2 rings (SSSR count). The fourth-order valence-electron chi connectivity index (χ4n) is 2.09. The number of hydrogen-bond donors (Lipinski definition) is 0. The molecule has 0 bridgehead atoms. The van der Waals surface area contributed by atoms with Gasteiger partial charge in [0.25, 0.3) is 0 Å². The minimum atomic E-state index is -0.190. The number of thioether (sulfide) groups is 1. The smallest absolute Gasteiger partial charge is 0.137 e. The summed E-state index contributed by atoms with van der Waals surface area (Å²) in [5.41, 5.74) is 4.93. The zero-order chi connectivity index (χ0) is 13.8. The molecule has 0 aliphatic heterocycles. The predicted molar refractivity (Wildman–Crippen MR) is 85.0 cm³/mol. The van der Waals surface area contributed by atoms with Crippen LogP contribution in [0.3, 0.4) is 0 Å². The highest BCUT2D eigenvalue weighted by Gasteiger charge is 2.05. The molecule has 0 amide bonds. The Morgan fingerprint density at radius 2 is 1.74 bits per heavy atom. The second kappa shape index (κ2) is 6.58. The van der Waals surface area contributed by atoms with Crippen molar-refractivity contribution in [3.05, 3.63) is 68.9 Å². The van der Waals surface area contributed by atoms with E-state index in [4.69, 9.17) is 0 Å². The van der Waals surface area contributed by atoms with E-state index in [1.54, 1.807) is 17.8 Å². The molecular formula is C16H16BrFS. The Morgan fingerprint density at radius 1 is 1.05 bits per heavy atom. The van der Waals surface area contributed by atoms with E-state index in [0.29, 0.717) is 4.47 Å². The molecule has 2 aromatic carbocycles. The second-order valence-corrected chi connectivity index (χ2v) is 6.48. The minimum Gasteiger partial charge on any atom is -0.206 e. The molecule has 100 valence electrons. The third kappa shape index (κ3) is 4.08. The first kappa shape index (κ1) is 14.6. The van der Waals surface area contributed by atoms with Crippen molar-refractivity contribution >= 4 is 27.7 Å². The first-order chi connectivity index (χ1) is 9.06. The van der Waals surface area contributed by atoms with Gasteiger partial charge in [0.05, 0.1) is 4.47 Å². The maximum atomic E-state index is 13.4. The van der Waals surface area contributed by atoms with Crippen LogP contribution in [0.1, 0.15) is 22.3 Å². The molecule has 0 N–H and O–H groups in total. The van der Waals surface area contributed by atoms with Gasteiger partial charge in [0.15, 0.2) is 0 Å². The van der Waals surface area contributed by atoms with Crippen molar-refractivity contribution in [2.75, 3.05) is 0 Å². The van der Waals surface area contributed by atoms with Crippen molar-refractivity contribution in [2.24, 2.45) is 0 Å². The molecular weight excluding hydrogens is 323 g/mol. The van der Waals surface area contributed by atoms with Crippen molar-refractivity contribution < 1.29 is 4.39 Å². The summed E-state index contributed by atoms with van der Waals surface area (Å²) in [5.74, 6) is 1.57. The number of rotatable bonds is 4.